The lowest BCUT2D eigenvalue weighted by Gasteiger charge is -2.36. The Morgan fingerprint density at radius 2 is 1.73 bits per heavy atom. The van der Waals surface area contributed by atoms with Crippen LogP contribution in [0.3, 0.4) is 0 Å². The highest BCUT2D eigenvalue weighted by Gasteiger charge is 2.20. The van der Waals surface area contributed by atoms with Gasteiger partial charge in [-0.3, -0.25) is 9.69 Å². The molecule has 1 fully saturated rings. The van der Waals surface area contributed by atoms with Crippen LogP contribution in [0.1, 0.15) is 16.7 Å². The van der Waals surface area contributed by atoms with Crippen molar-refractivity contribution in [3.05, 3.63) is 53.1 Å². The molecule has 0 saturated carbocycles. The maximum Gasteiger partial charge on any atom is 0.262 e. The minimum absolute atomic E-state index is 0.0864. The number of carbonyl (C=O) groups excluding carboxylic acids is 1. The van der Waals surface area contributed by atoms with Crippen LogP contribution < -0.4 is 15.0 Å². The number of benzene rings is 2. The second kappa shape index (κ2) is 7.00. The van der Waals surface area contributed by atoms with Gasteiger partial charge < -0.3 is 15.0 Å². The molecule has 0 aliphatic carbocycles. The van der Waals surface area contributed by atoms with Crippen LogP contribution in [-0.4, -0.2) is 43.6 Å². The van der Waals surface area contributed by atoms with E-state index >= 15 is 0 Å². The number of carbonyl (C=O) groups is 1. The van der Waals surface area contributed by atoms with Crippen LogP contribution in [0.15, 0.2) is 36.4 Å². The molecule has 5 nitrogen and oxygen atoms in total. The highest BCUT2D eigenvalue weighted by atomic mass is 16.5. The van der Waals surface area contributed by atoms with Crippen molar-refractivity contribution < 1.29 is 9.53 Å². The number of aryl methyl sites for hydroxylation is 2. The monoisotopic (exact) mass is 351 g/mol. The fourth-order valence-electron chi connectivity index (χ4n) is 3.78. The highest BCUT2D eigenvalue weighted by Crippen LogP contribution is 2.29. The third-order valence-electron chi connectivity index (χ3n) is 5.03. The first-order valence-corrected chi connectivity index (χ1v) is 9.18. The molecule has 1 saturated heterocycles. The number of ether oxygens (including phenoxy) is 1. The van der Waals surface area contributed by atoms with Crippen LogP contribution in [0.25, 0.3) is 0 Å². The first kappa shape index (κ1) is 16.9. The summed E-state index contributed by atoms with van der Waals surface area (Å²) in [6, 6.07) is 12.8. The lowest BCUT2D eigenvalue weighted by atomic mass is 10.1. The van der Waals surface area contributed by atoms with Crippen LogP contribution >= 0.6 is 0 Å². The molecule has 0 unspecified atom stereocenters. The van der Waals surface area contributed by atoms with Gasteiger partial charge in [0.15, 0.2) is 6.61 Å². The molecule has 0 spiro atoms. The molecule has 0 aromatic heterocycles. The van der Waals surface area contributed by atoms with Crippen molar-refractivity contribution in [3.8, 4) is 5.75 Å². The normalized spacial score (nSPS) is 17.5. The fourth-order valence-corrected chi connectivity index (χ4v) is 3.78. The number of piperazine rings is 1. The fraction of sp³-hybridized carbons (Fsp3) is 0.381. The predicted molar refractivity (Wildman–Crippen MR) is 104 cm³/mol. The number of hydrogen-bond donors (Lipinski definition) is 1. The molecule has 5 heteroatoms. The van der Waals surface area contributed by atoms with Crippen LogP contribution in [0.5, 0.6) is 5.75 Å². The minimum atomic E-state index is -0.0864. The van der Waals surface area contributed by atoms with Crippen LogP contribution in [-0.2, 0) is 11.3 Å². The molecule has 4 rings (SSSR count). The zero-order valence-electron chi connectivity index (χ0n) is 15.4. The van der Waals surface area contributed by atoms with E-state index in [1.165, 1.54) is 22.4 Å². The molecule has 0 bridgehead atoms. The average molecular weight is 351 g/mol. The van der Waals surface area contributed by atoms with Crippen LogP contribution in [0.4, 0.5) is 11.4 Å². The van der Waals surface area contributed by atoms with Gasteiger partial charge in [-0.1, -0.05) is 12.1 Å². The lowest BCUT2D eigenvalue weighted by molar-refractivity contribution is -0.118. The second-order valence-corrected chi connectivity index (χ2v) is 7.28. The van der Waals surface area contributed by atoms with E-state index in [0.29, 0.717) is 0 Å². The molecule has 2 aromatic carbocycles. The predicted octanol–water partition coefficient (Wildman–Crippen LogP) is 2.96. The molecule has 2 aliphatic heterocycles. The molecular weight excluding hydrogens is 326 g/mol. The summed E-state index contributed by atoms with van der Waals surface area (Å²) in [7, 11) is 0. The van der Waals surface area contributed by atoms with Crippen molar-refractivity contribution in [3.63, 3.8) is 0 Å². The quantitative estimate of drug-likeness (QED) is 0.923. The number of nitrogens with zero attached hydrogens (tertiary/aromatic N) is 2. The number of nitrogens with one attached hydrogen (secondary N) is 1. The number of rotatable bonds is 3. The molecule has 2 aliphatic rings. The standard InChI is InChI=1S/C21H25N3O2/c1-15-9-16(2)11-18(10-15)24-7-5-23(6-8-24)13-17-3-4-20-19(12-17)22-21(25)14-26-20/h3-4,9-12H,5-8,13-14H2,1-2H3,(H,22,25). The van der Waals surface area contributed by atoms with Gasteiger partial charge in [-0.2, -0.15) is 0 Å². The van der Waals surface area contributed by atoms with Gasteiger partial charge in [0.2, 0.25) is 0 Å². The second-order valence-electron chi connectivity index (χ2n) is 7.28. The van der Waals surface area contributed by atoms with E-state index in [1.807, 2.05) is 12.1 Å². The summed E-state index contributed by atoms with van der Waals surface area (Å²) in [5, 5.41) is 2.89. The minimum Gasteiger partial charge on any atom is -0.482 e. The number of anilines is 2. The van der Waals surface area contributed by atoms with Crippen molar-refractivity contribution >= 4 is 17.3 Å². The molecule has 26 heavy (non-hydrogen) atoms. The van der Waals surface area contributed by atoms with E-state index in [2.05, 4.69) is 53.2 Å². The summed E-state index contributed by atoms with van der Waals surface area (Å²) in [5.41, 5.74) is 5.96. The van der Waals surface area contributed by atoms with Gasteiger partial charge in [-0.25, -0.2) is 0 Å². The topological polar surface area (TPSA) is 44.8 Å². The first-order valence-electron chi connectivity index (χ1n) is 9.18. The van der Waals surface area contributed by atoms with Gasteiger partial charge in [0.1, 0.15) is 5.75 Å². The number of amides is 1. The van der Waals surface area contributed by atoms with E-state index in [9.17, 15) is 4.79 Å². The zero-order chi connectivity index (χ0) is 18.1. The SMILES string of the molecule is Cc1cc(C)cc(N2CCN(Cc3ccc4c(c3)NC(=O)CO4)CC2)c1. The van der Waals surface area contributed by atoms with Gasteiger partial charge in [0.25, 0.3) is 5.91 Å². The smallest absolute Gasteiger partial charge is 0.262 e. The average Bonchev–Trinajstić information content (AvgIpc) is 2.61. The summed E-state index contributed by atoms with van der Waals surface area (Å²) in [6.07, 6.45) is 0. The van der Waals surface area contributed by atoms with Crippen LogP contribution in [0.2, 0.25) is 0 Å². The van der Waals surface area contributed by atoms with Crippen molar-refractivity contribution in [1.29, 1.82) is 0 Å². The molecule has 2 heterocycles. The van der Waals surface area contributed by atoms with E-state index in [4.69, 9.17) is 4.74 Å². The van der Waals surface area contributed by atoms with E-state index in [-0.39, 0.29) is 12.5 Å². The lowest BCUT2D eigenvalue weighted by Crippen LogP contribution is -2.46. The Morgan fingerprint density at radius 1 is 1.00 bits per heavy atom. The molecule has 2 aromatic rings. The molecule has 0 atom stereocenters. The number of hydrogen-bond acceptors (Lipinski definition) is 4. The maximum absolute atomic E-state index is 11.5. The number of fused-ring (bicyclic) bond motifs is 1. The van der Waals surface area contributed by atoms with Gasteiger partial charge in [0, 0.05) is 38.4 Å². The van der Waals surface area contributed by atoms with Crippen molar-refractivity contribution in [2.45, 2.75) is 20.4 Å². The Bertz CT molecular complexity index is 806. The summed E-state index contributed by atoms with van der Waals surface area (Å²) >= 11 is 0. The third-order valence-corrected chi connectivity index (χ3v) is 5.03. The Hall–Kier alpha value is -2.53. The van der Waals surface area contributed by atoms with Crippen molar-refractivity contribution in [2.24, 2.45) is 0 Å². The van der Waals surface area contributed by atoms with Crippen molar-refractivity contribution in [1.82, 2.24) is 4.90 Å². The van der Waals surface area contributed by atoms with Crippen LogP contribution in [0, 0.1) is 13.8 Å². The molecule has 0 radical (unpaired) electrons. The van der Waals surface area contributed by atoms with Gasteiger partial charge in [-0.15, -0.1) is 0 Å². The van der Waals surface area contributed by atoms with Gasteiger partial charge in [0.05, 0.1) is 5.69 Å². The maximum atomic E-state index is 11.5. The van der Waals surface area contributed by atoms with Gasteiger partial charge >= 0.3 is 0 Å². The van der Waals surface area contributed by atoms with E-state index < -0.39 is 0 Å². The summed E-state index contributed by atoms with van der Waals surface area (Å²) in [5.74, 6) is 0.671. The Labute approximate surface area is 154 Å². The largest absolute Gasteiger partial charge is 0.482 e. The van der Waals surface area contributed by atoms with E-state index in [0.717, 1.165) is 44.2 Å². The Kier molecular flexibility index (Phi) is 4.55. The summed E-state index contributed by atoms with van der Waals surface area (Å²) in [4.78, 5) is 16.4. The molecular formula is C21H25N3O2. The molecule has 1 amide bonds. The Balaban J connectivity index is 1.38. The Morgan fingerprint density at radius 3 is 2.46 bits per heavy atom. The van der Waals surface area contributed by atoms with E-state index in [1.54, 1.807) is 0 Å². The molecule has 1 N–H and O–H groups in total. The third kappa shape index (κ3) is 3.68. The van der Waals surface area contributed by atoms with Gasteiger partial charge in [-0.05, 0) is 54.8 Å². The highest BCUT2D eigenvalue weighted by molar-refractivity contribution is 5.95. The summed E-state index contributed by atoms with van der Waals surface area (Å²) < 4.78 is 5.43. The summed E-state index contributed by atoms with van der Waals surface area (Å²) in [6.45, 7) is 9.45. The van der Waals surface area contributed by atoms with Crippen molar-refractivity contribution in [2.75, 3.05) is 43.0 Å². The zero-order valence-corrected chi connectivity index (χ0v) is 15.4. The molecule has 136 valence electrons. The first-order chi connectivity index (χ1) is 12.6.